The summed E-state index contributed by atoms with van der Waals surface area (Å²) in [5.74, 6) is -1.89. The summed E-state index contributed by atoms with van der Waals surface area (Å²) in [5.41, 5.74) is 6.13. The first kappa shape index (κ1) is 15.2. The molecule has 0 fully saturated rings. The summed E-state index contributed by atoms with van der Waals surface area (Å²) in [6.07, 6.45) is 0. The number of nitrogens with one attached hydrogen (secondary N) is 1. The van der Waals surface area contributed by atoms with Crippen molar-refractivity contribution in [2.24, 2.45) is 0 Å². The molecule has 4 nitrogen and oxygen atoms in total. The Balaban J connectivity index is 2.24. The second kappa shape index (κ2) is 5.69. The number of halogens is 2. The van der Waals surface area contributed by atoms with E-state index in [0.29, 0.717) is 11.3 Å². The van der Waals surface area contributed by atoms with Crippen molar-refractivity contribution in [1.82, 2.24) is 0 Å². The summed E-state index contributed by atoms with van der Waals surface area (Å²) >= 11 is 0. The van der Waals surface area contributed by atoms with Crippen molar-refractivity contribution in [3.63, 3.8) is 0 Å². The van der Waals surface area contributed by atoms with Gasteiger partial charge in [0.05, 0.1) is 11.4 Å². The molecule has 0 aliphatic carbocycles. The number of nitrogen functional groups attached to an aromatic ring is 1. The highest BCUT2D eigenvalue weighted by Crippen LogP contribution is 2.21. The average molecular weight is 312 g/mol. The third kappa shape index (κ3) is 3.91. The predicted octanol–water partition coefficient (Wildman–Crippen LogP) is 2.80. The van der Waals surface area contributed by atoms with Gasteiger partial charge < -0.3 is 5.73 Å². The van der Waals surface area contributed by atoms with Gasteiger partial charge in [0.25, 0.3) is 0 Å². The fourth-order valence-corrected chi connectivity index (χ4v) is 3.01. The van der Waals surface area contributed by atoms with Crippen molar-refractivity contribution in [3.8, 4) is 0 Å². The van der Waals surface area contributed by atoms with Gasteiger partial charge in [0, 0.05) is 11.8 Å². The van der Waals surface area contributed by atoms with Crippen molar-refractivity contribution >= 4 is 21.4 Å². The molecule has 0 saturated heterocycles. The molecular weight excluding hydrogens is 298 g/mol. The number of rotatable bonds is 4. The highest BCUT2D eigenvalue weighted by atomic mass is 32.2. The molecule has 0 radical (unpaired) electrons. The molecule has 0 aliphatic heterocycles. The van der Waals surface area contributed by atoms with E-state index < -0.39 is 27.3 Å². The van der Waals surface area contributed by atoms with Crippen LogP contribution in [0, 0.1) is 18.6 Å². The van der Waals surface area contributed by atoms with Crippen LogP contribution in [0.15, 0.2) is 36.4 Å². The minimum absolute atomic E-state index is 0.103. The van der Waals surface area contributed by atoms with Gasteiger partial charge in [-0.1, -0.05) is 12.1 Å². The van der Waals surface area contributed by atoms with Gasteiger partial charge in [-0.25, -0.2) is 17.2 Å². The minimum Gasteiger partial charge on any atom is -0.399 e. The van der Waals surface area contributed by atoms with E-state index in [1.807, 2.05) is 4.72 Å². The maximum absolute atomic E-state index is 13.7. The number of hydrogen-bond donors (Lipinski definition) is 2. The van der Waals surface area contributed by atoms with E-state index in [2.05, 4.69) is 0 Å². The lowest BCUT2D eigenvalue weighted by Crippen LogP contribution is -2.16. The van der Waals surface area contributed by atoms with Gasteiger partial charge in [0.2, 0.25) is 10.0 Å². The lowest BCUT2D eigenvalue weighted by atomic mass is 10.2. The zero-order chi connectivity index (χ0) is 15.6. The number of benzene rings is 2. The summed E-state index contributed by atoms with van der Waals surface area (Å²) in [4.78, 5) is 0. The number of nitrogens with two attached hydrogens (primary N) is 1. The molecule has 0 atom stereocenters. The Hall–Kier alpha value is -2.15. The van der Waals surface area contributed by atoms with Crippen LogP contribution in [0.3, 0.4) is 0 Å². The highest BCUT2D eigenvalue weighted by molar-refractivity contribution is 7.91. The zero-order valence-electron chi connectivity index (χ0n) is 11.2. The maximum Gasteiger partial charge on any atom is 0.237 e. The molecule has 0 amide bonds. The maximum atomic E-state index is 13.7. The molecule has 7 heteroatoms. The summed E-state index contributed by atoms with van der Waals surface area (Å²) in [7, 11) is -3.87. The first-order valence-electron chi connectivity index (χ1n) is 6.07. The molecule has 112 valence electrons. The summed E-state index contributed by atoms with van der Waals surface area (Å²) in [5, 5.41) is 0. The molecule has 0 heterocycles. The van der Waals surface area contributed by atoms with Gasteiger partial charge in [0.1, 0.15) is 11.6 Å². The van der Waals surface area contributed by atoms with Crippen LogP contribution in [-0.2, 0) is 15.8 Å². The number of hydrogen-bond acceptors (Lipinski definition) is 3. The molecular formula is C14H14F2N2O2S. The van der Waals surface area contributed by atoms with Crippen molar-refractivity contribution < 1.29 is 17.2 Å². The second-order valence-electron chi connectivity index (χ2n) is 4.69. The van der Waals surface area contributed by atoms with Crippen LogP contribution in [0.1, 0.15) is 11.1 Å². The molecule has 2 aromatic rings. The molecule has 0 aromatic heterocycles. The number of anilines is 2. The Morgan fingerprint density at radius 2 is 1.86 bits per heavy atom. The second-order valence-corrected chi connectivity index (χ2v) is 6.41. The lowest BCUT2D eigenvalue weighted by molar-refractivity contribution is 0.590. The van der Waals surface area contributed by atoms with Crippen molar-refractivity contribution in [1.29, 1.82) is 0 Å². The Labute approximate surface area is 121 Å². The Morgan fingerprint density at radius 1 is 1.14 bits per heavy atom. The normalized spacial score (nSPS) is 11.4. The van der Waals surface area contributed by atoms with Crippen LogP contribution in [0.5, 0.6) is 0 Å². The minimum atomic E-state index is -3.87. The molecule has 0 aliphatic rings. The molecule has 0 bridgehead atoms. The van der Waals surface area contributed by atoms with Gasteiger partial charge in [-0.2, -0.15) is 0 Å². The number of aryl methyl sites for hydroxylation is 1. The van der Waals surface area contributed by atoms with Crippen molar-refractivity contribution in [2.75, 3.05) is 10.5 Å². The lowest BCUT2D eigenvalue weighted by Gasteiger charge is -2.10. The van der Waals surface area contributed by atoms with Gasteiger partial charge in [-0.3, -0.25) is 4.72 Å². The average Bonchev–Trinajstić information content (AvgIpc) is 2.35. The largest absolute Gasteiger partial charge is 0.399 e. The van der Waals surface area contributed by atoms with E-state index in [1.54, 1.807) is 18.2 Å². The van der Waals surface area contributed by atoms with E-state index in [0.717, 1.165) is 12.1 Å². The summed E-state index contributed by atoms with van der Waals surface area (Å²) in [6.45, 7) is 1.39. The van der Waals surface area contributed by atoms with E-state index in [4.69, 9.17) is 5.73 Å². The smallest absolute Gasteiger partial charge is 0.237 e. The fourth-order valence-electron chi connectivity index (χ4n) is 1.83. The molecule has 2 aromatic carbocycles. The van der Waals surface area contributed by atoms with Gasteiger partial charge in [0.15, 0.2) is 0 Å². The highest BCUT2D eigenvalue weighted by Gasteiger charge is 2.16. The van der Waals surface area contributed by atoms with Crippen LogP contribution in [-0.4, -0.2) is 8.42 Å². The molecule has 2 rings (SSSR count). The topological polar surface area (TPSA) is 72.2 Å². The third-order valence-corrected chi connectivity index (χ3v) is 4.07. The molecule has 0 unspecified atom stereocenters. The van der Waals surface area contributed by atoms with Crippen LogP contribution in [0.2, 0.25) is 0 Å². The summed E-state index contributed by atoms with van der Waals surface area (Å²) in [6, 6.07) is 8.09. The zero-order valence-corrected chi connectivity index (χ0v) is 12.0. The van der Waals surface area contributed by atoms with E-state index in [1.165, 1.54) is 13.0 Å². The molecule has 0 spiro atoms. The first-order valence-corrected chi connectivity index (χ1v) is 7.72. The number of sulfonamides is 1. The Morgan fingerprint density at radius 3 is 2.52 bits per heavy atom. The van der Waals surface area contributed by atoms with Crippen LogP contribution < -0.4 is 10.5 Å². The standard InChI is InChI=1S/C14H14F2N2O2S/c1-9-5-13(16)14(7-12(9)15)18-21(19,20)8-10-3-2-4-11(17)6-10/h2-7,18H,8,17H2,1H3. The van der Waals surface area contributed by atoms with Crippen LogP contribution >= 0.6 is 0 Å². The van der Waals surface area contributed by atoms with Crippen molar-refractivity contribution in [2.45, 2.75) is 12.7 Å². The van der Waals surface area contributed by atoms with Crippen molar-refractivity contribution in [3.05, 3.63) is 59.2 Å². The summed E-state index contributed by atoms with van der Waals surface area (Å²) < 4.78 is 53.1. The molecule has 21 heavy (non-hydrogen) atoms. The Kier molecular flexibility index (Phi) is 4.13. The van der Waals surface area contributed by atoms with Gasteiger partial charge in [-0.05, 0) is 36.2 Å². The first-order chi connectivity index (χ1) is 9.77. The Bertz CT molecular complexity index is 777. The van der Waals surface area contributed by atoms with E-state index in [-0.39, 0.29) is 11.3 Å². The molecule has 0 saturated carbocycles. The van der Waals surface area contributed by atoms with E-state index in [9.17, 15) is 17.2 Å². The quantitative estimate of drug-likeness (QED) is 0.853. The van der Waals surface area contributed by atoms with Gasteiger partial charge in [-0.15, -0.1) is 0 Å². The fraction of sp³-hybridized carbons (Fsp3) is 0.143. The van der Waals surface area contributed by atoms with Gasteiger partial charge >= 0.3 is 0 Å². The monoisotopic (exact) mass is 312 g/mol. The third-order valence-electron chi connectivity index (χ3n) is 2.82. The van der Waals surface area contributed by atoms with Crippen LogP contribution in [0.25, 0.3) is 0 Å². The SMILES string of the molecule is Cc1cc(F)c(NS(=O)(=O)Cc2cccc(N)c2)cc1F. The molecule has 3 N–H and O–H groups in total. The predicted molar refractivity (Wildman–Crippen MR) is 78.2 cm³/mol. The van der Waals surface area contributed by atoms with Crippen LogP contribution in [0.4, 0.5) is 20.2 Å². The van der Waals surface area contributed by atoms with E-state index >= 15 is 0 Å².